The zero-order valence-corrected chi connectivity index (χ0v) is 14.6. The van der Waals surface area contributed by atoms with E-state index in [-0.39, 0.29) is 37.6 Å². The molecule has 0 radical (unpaired) electrons. The topological polar surface area (TPSA) is 44.1 Å². The fraction of sp³-hybridized carbons (Fsp3) is 0.765. The molecule has 0 amide bonds. The summed E-state index contributed by atoms with van der Waals surface area (Å²) in [6.07, 6.45) is -4.24. The van der Waals surface area contributed by atoms with Crippen LogP contribution in [0.25, 0.3) is 0 Å². The van der Waals surface area contributed by atoms with E-state index >= 15 is 0 Å². The van der Waals surface area contributed by atoms with Crippen LogP contribution in [0.15, 0.2) is 0 Å². The molecule has 4 nitrogen and oxygen atoms in total. The van der Waals surface area contributed by atoms with Crippen LogP contribution in [0.5, 0.6) is 0 Å². The fourth-order valence-electron chi connectivity index (χ4n) is 3.71. The van der Waals surface area contributed by atoms with Gasteiger partial charge in [-0.25, -0.2) is 13.6 Å². The number of alkyl halides is 5. The maximum absolute atomic E-state index is 13.7. The molecule has 9 heteroatoms. The Morgan fingerprint density at radius 1 is 1.31 bits per heavy atom. The summed E-state index contributed by atoms with van der Waals surface area (Å²) in [7, 11) is 0. The van der Waals surface area contributed by atoms with Crippen LogP contribution in [-0.2, 0) is 17.5 Å². The Morgan fingerprint density at radius 2 is 1.96 bits per heavy atom. The molecule has 2 aliphatic rings. The number of nitrogens with zero attached hydrogens (tertiary/aromatic N) is 2. The fourth-order valence-corrected chi connectivity index (χ4v) is 3.71. The van der Waals surface area contributed by atoms with E-state index < -0.39 is 41.2 Å². The van der Waals surface area contributed by atoms with E-state index in [1.54, 1.807) is 6.92 Å². The van der Waals surface area contributed by atoms with E-state index in [0.29, 0.717) is 12.8 Å². The lowest BCUT2D eigenvalue weighted by Crippen LogP contribution is -2.27. The molecule has 1 heterocycles. The summed E-state index contributed by atoms with van der Waals surface area (Å²) in [6, 6.07) is 0. The molecule has 0 spiro atoms. The number of ether oxygens (including phenoxy) is 1. The van der Waals surface area contributed by atoms with Gasteiger partial charge >= 0.3 is 12.1 Å². The third kappa shape index (κ3) is 3.71. The number of aromatic nitrogens is 2. The summed E-state index contributed by atoms with van der Waals surface area (Å²) in [5, 5.41) is 4.05. The van der Waals surface area contributed by atoms with Crippen molar-refractivity contribution in [2.24, 2.45) is 5.41 Å². The third-order valence-corrected chi connectivity index (χ3v) is 5.01. The molecule has 146 valence electrons. The first-order valence-corrected chi connectivity index (χ1v) is 8.69. The maximum atomic E-state index is 13.7. The van der Waals surface area contributed by atoms with Crippen LogP contribution in [0.2, 0.25) is 0 Å². The van der Waals surface area contributed by atoms with Gasteiger partial charge in [-0.3, -0.25) is 4.68 Å². The van der Waals surface area contributed by atoms with Gasteiger partial charge in [0.15, 0.2) is 5.69 Å². The van der Waals surface area contributed by atoms with Crippen molar-refractivity contribution in [3.8, 4) is 0 Å². The minimum atomic E-state index is -4.77. The second-order valence-corrected chi connectivity index (χ2v) is 7.60. The van der Waals surface area contributed by atoms with Crippen molar-refractivity contribution < 1.29 is 31.5 Å². The molecule has 0 aromatic carbocycles. The zero-order chi connectivity index (χ0) is 19.3. The second-order valence-electron chi connectivity index (χ2n) is 7.60. The Balaban J connectivity index is 2.05. The van der Waals surface area contributed by atoms with Crippen LogP contribution < -0.4 is 0 Å². The van der Waals surface area contributed by atoms with E-state index in [4.69, 9.17) is 4.74 Å². The molecule has 26 heavy (non-hydrogen) atoms. The van der Waals surface area contributed by atoms with E-state index in [9.17, 15) is 26.7 Å². The normalized spacial score (nSPS) is 25.5. The molecule has 2 aliphatic carbocycles. The summed E-state index contributed by atoms with van der Waals surface area (Å²) in [6.45, 7) is 2.82. The SMILES string of the molecule is CCOC(=O)c1c(C(F)(F)F)c(C2CC2)nn1CC1(C)CCC(F)(F)C1. The van der Waals surface area contributed by atoms with Crippen molar-refractivity contribution in [3.05, 3.63) is 17.0 Å². The van der Waals surface area contributed by atoms with Gasteiger partial charge in [0.2, 0.25) is 5.92 Å². The molecule has 3 rings (SSSR count). The summed E-state index contributed by atoms with van der Waals surface area (Å²) >= 11 is 0. The molecule has 0 saturated heterocycles. The lowest BCUT2D eigenvalue weighted by atomic mass is 9.88. The van der Waals surface area contributed by atoms with Gasteiger partial charge in [0.25, 0.3) is 0 Å². The van der Waals surface area contributed by atoms with Crippen molar-refractivity contribution in [1.29, 1.82) is 0 Å². The van der Waals surface area contributed by atoms with Crippen molar-refractivity contribution in [1.82, 2.24) is 9.78 Å². The van der Waals surface area contributed by atoms with Gasteiger partial charge in [-0.2, -0.15) is 18.3 Å². The molecule has 1 aromatic heterocycles. The molecular formula is C17H21F5N2O2. The first kappa shape index (κ1) is 19.1. The van der Waals surface area contributed by atoms with Crippen LogP contribution in [0.4, 0.5) is 22.0 Å². The average Bonchev–Trinajstić information content (AvgIpc) is 3.20. The number of esters is 1. The smallest absolute Gasteiger partial charge is 0.420 e. The predicted octanol–water partition coefficient (Wildman–Crippen LogP) is 4.78. The van der Waals surface area contributed by atoms with Gasteiger partial charge in [0.1, 0.15) is 5.56 Å². The third-order valence-electron chi connectivity index (χ3n) is 5.01. The molecule has 0 aliphatic heterocycles. The average molecular weight is 380 g/mol. The number of carbonyl (C=O) groups is 1. The first-order chi connectivity index (χ1) is 12.0. The van der Waals surface area contributed by atoms with Gasteiger partial charge < -0.3 is 4.74 Å². The van der Waals surface area contributed by atoms with Crippen LogP contribution >= 0.6 is 0 Å². The van der Waals surface area contributed by atoms with Gasteiger partial charge in [-0.15, -0.1) is 0 Å². The number of carbonyl (C=O) groups excluding carboxylic acids is 1. The van der Waals surface area contributed by atoms with Crippen molar-refractivity contribution >= 4 is 5.97 Å². The Kier molecular flexibility index (Phi) is 4.55. The zero-order valence-electron chi connectivity index (χ0n) is 14.6. The molecule has 0 N–H and O–H groups in total. The molecule has 0 bridgehead atoms. The quantitative estimate of drug-likeness (QED) is 0.545. The minimum absolute atomic E-state index is 0.0879. The number of hydrogen-bond acceptors (Lipinski definition) is 3. The Bertz CT molecular complexity index is 709. The van der Waals surface area contributed by atoms with Crippen LogP contribution in [0.1, 0.15) is 73.6 Å². The van der Waals surface area contributed by atoms with Gasteiger partial charge in [-0.05, 0) is 31.6 Å². The van der Waals surface area contributed by atoms with E-state index in [1.807, 2.05) is 0 Å². The van der Waals surface area contributed by atoms with E-state index in [1.165, 1.54) is 6.92 Å². The summed E-state index contributed by atoms with van der Waals surface area (Å²) in [4.78, 5) is 12.3. The van der Waals surface area contributed by atoms with Gasteiger partial charge in [0.05, 0.1) is 12.3 Å². The van der Waals surface area contributed by atoms with Crippen LogP contribution in [0.3, 0.4) is 0 Å². The molecule has 2 saturated carbocycles. The summed E-state index contributed by atoms with van der Waals surface area (Å²) in [5.41, 5.74) is -2.85. The highest BCUT2D eigenvalue weighted by atomic mass is 19.4. The lowest BCUT2D eigenvalue weighted by Gasteiger charge is -2.24. The van der Waals surface area contributed by atoms with Gasteiger partial charge in [0, 0.05) is 25.3 Å². The highest BCUT2D eigenvalue weighted by molar-refractivity contribution is 5.90. The number of halogens is 5. The Labute approximate surface area is 147 Å². The van der Waals surface area contributed by atoms with Crippen molar-refractivity contribution in [3.63, 3.8) is 0 Å². The largest absolute Gasteiger partial charge is 0.461 e. The molecular weight excluding hydrogens is 359 g/mol. The van der Waals surface area contributed by atoms with Crippen LogP contribution in [0, 0.1) is 5.41 Å². The standard InChI is InChI=1S/C17H21F5N2O2/c1-3-26-14(25)13-11(17(20,21)22)12(10-4-5-10)23-24(13)9-15(2)6-7-16(18,19)8-15/h10H,3-9H2,1-2H3. The summed E-state index contributed by atoms with van der Waals surface area (Å²) < 4.78 is 74.0. The maximum Gasteiger partial charge on any atom is 0.420 e. The Morgan fingerprint density at radius 3 is 2.42 bits per heavy atom. The minimum Gasteiger partial charge on any atom is -0.461 e. The second kappa shape index (κ2) is 6.20. The monoisotopic (exact) mass is 380 g/mol. The van der Waals surface area contributed by atoms with Crippen LogP contribution in [-0.4, -0.2) is 28.3 Å². The summed E-state index contributed by atoms with van der Waals surface area (Å²) in [5.74, 6) is -4.32. The van der Waals surface area contributed by atoms with Crippen molar-refractivity contribution in [2.45, 2.75) is 70.5 Å². The number of rotatable bonds is 5. The van der Waals surface area contributed by atoms with Gasteiger partial charge in [-0.1, -0.05) is 6.92 Å². The Hall–Kier alpha value is -1.67. The molecule has 1 aromatic rings. The highest BCUT2D eigenvalue weighted by Crippen LogP contribution is 2.50. The highest BCUT2D eigenvalue weighted by Gasteiger charge is 2.50. The molecule has 1 atom stereocenters. The van der Waals surface area contributed by atoms with E-state index in [0.717, 1.165) is 4.68 Å². The molecule has 2 fully saturated rings. The van der Waals surface area contributed by atoms with E-state index in [2.05, 4.69) is 5.10 Å². The number of hydrogen-bond donors (Lipinski definition) is 0. The first-order valence-electron chi connectivity index (χ1n) is 8.69. The van der Waals surface area contributed by atoms with Crippen molar-refractivity contribution in [2.75, 3.05) is 6.61 Å². The molecule has 1 unspecified atom stereocenters. The predicted molar refractivity (Wildman–Crippen MR) is 82.1 cm³/mol. The lowest BCUT2D eigenvalue weighted by molar-refractivity contribution is -0.138.